The summed E-state index contributed by atoms with van der Waals surface area (Å²) in [5.74, 6) is -0.241. The van der Waals surface area contributed by atoms with E-state index in [9.17, 15) is 18.0 Å². The zero-order chi connectivity index (χ0) is 18.8. The molecule has 7 nitrogen and oxygen atoms in total. The Hall–Kier alpha value is -2.09. The maximum atomic E-state index is 12.6. The van der Waals surface area contributed by atoms with E-state index in [4.69, 9.17) is 4.74 Å². The third-order valence-electron chi connectivity index (χ3n) is 3.73. The van der Waals surface area contributed by atoms with Gasteiger partial charge in [0.05, 0.1) is 4.90 Å². The summed E-state index contributed by atoms with van der Waals surface area (Å²) in [5.41, 5.74) is -0.232. The number of hydrogen-bond donors (Lipinski definition) is 0. The lowest BCUT2D eigenvalue weighted by Gasteiger charge is -2.35. The molecule has 0 saturated carbocycles. The Morgan fingerprint density at radius 2 is 1.60 bits per heavy atom. The zero-order valence-electron chi connectivity index (χ0n) is 15.0. The number of benzene rings is 1. The highest BCUT2D eigenvalue weighted by Gasteiger charge is 2.28. The molecule has 1 aromatic carbocycles. The van der Waals surface area contributed by atoms with Gasteiger partial charge < -0.3 is 14.5 Å². The molecule has 0 atom stereocenters. The molecule has 8 heteroatoms. The molecule has 138 valence electrons. The Morgan fingerprint density at radius 3 is 2.12 bits per heavy atom. The van der Waals surface area contributed by atoms with Crippen molar-refractivity contribution < 1.29 is 22.7 Å². The third-order valence-corrected chi connectivity index (χ3v) is 4.84. The summed E-state index contributed by atoms with van der Waals surface area (Å²) < 4.78 is 28.6. The van der Waals surface area contributed by atoms with Crippen molar-refractivity contribution in [3.8, 4) is 0 Å². The number of piperazine rings is 1. The first-order chi connectivity index (χ1) is 11.5. The number of nitrogens with zero attached hydrogens (tertiary/aromatic N) is 2. The second-order valence-electron chi connectivity index (χ2n) is 7.06. The van der Waals surface area contributed by atoms with E-state index in [1.807, 2.05) is 0 Å². The van der Waals surface area contributed by atoms with Crippen molar-refractivity contribution in [1.82, 2.24) is 9.80 Å². The van der Waals surface area contributed by atoms with Crippen LogP contribution in [0.2, 0.25) is 0 Å². The van der Waals surface area contributed by atoms with E-state index in [-0.39, 0.29) is 10.8 Å². The van der Waals surface area contributed by atoms with Crippen molar-refractivity contribution in [2.45, 2.75) is 31.3 Å². The molecule has 0 unspecified atom stereocenters. The van der Waals surface area contributed by atoms with Crippen LogP contribution in [0.3, 0.4) is 0 Å². The van der Waals surface area contributed by atoms with Gasteiger partial charge in [-0.25, -0.2) is 13.2 Å². The summed E-state index contributed by atoms with van der Waals surface area (Å²) >= 11 is 0. The van der Waals surface area contributed by atoms with Crippen molar-refractivity contribution in [1.29, 1.82) is 0 Å². The zero-order valence-corrected chi connectivity index (χ0v) is 15.8. The summed E-state index contributed by atoms with van der Waals surface area (Å²) in [6, 6.07) is 6.00. The second kappa shape index (κ2) is 7.03. The molecule has 25 heavy (non-hydrogen) atoms. The van der Waals surface area contributed by atoms with Crippen molar-refractivity contribution in [2.75, 3.05) is 32.4 Å². The first kappa shape index (κ1) is 19.2. The first-order valence-corrected chi connectivity index (χ1v) is 9.94. The lowest BCUT2D eigenvalue weighted by Crippen LogP contribution is -2.51. The molecule has 0 aliphatic carbocycles. The smallest absolute Gasteiger partial charge is 0.410 e. The van der Waals surface area contributed by atoms with Gasteiger partial charge >= 0.3 is 6.09 Å². The van der Waals surface area contributed by atoms with Crippen LogP contribution in [0.15, 0.2) is 29.2 Å². The number of carbonyl (C=O) groups excluding carboxylic acids is 2. The van der Waals surface area contributed by atoms with Gasteiger partial charge in [0, 0.05) is 38.0 Å². The monoisotopic (exact) mass is 368 g/mol. The molecule has 1 aliphatic heterocycles. The highest BCUT2D eigenvalue weighted by Crippen LogP contribution is 2.16. The SMILES string of the molecule is CC(C)(C)OC(=O)N1CCN(C(=O)c2cccc(S(C)(=O)=O)c2)CC1. The normalized spacial score (nSPS) is 15.8. The van der Waals surface area contributed by atoms with Crippen LogP contribution in [0.4, 0.5) is 4.79 Å². The molecule has 2 amide bonds. The average Bonchev–Trinajstić information content (AvgIpc) is 2.52. The fraction of sp³-hybridized carbons (Fsp3) is 0.529. The van der Waals surface area contributed by atoms with E-state index in [1.54, 1.807) is 42.7 Å². The fourth-order valence-corrected chi connectivity index (χ4v) is 3.13. The van der Waals surface area contributed by atoms with Crippen LogP contribution in [0, 0.1) is 0 Å². The van der Waals surface area contributed by atoms with Crippen LogP contribution in [0.25, 0.3) is 0 Å². The van der Waals surface area contributed by atoms with Crippen LogP contribution in [0.1, 0.15) is 31.1 Å². The van der Waals surface area contributed by atoms with Gasteiger partial charge in [-0.1, -0.05) is 6.07 Å². The van der Waals surface area contributed by atoms with E-state index >= 15 is 0 Å². The molecule has 0 spiro atoms. The highest BCUT2D eigenvalue weighted by atomic mass is 32.2. The molecule has 1 saturated heterocycles. The Balaban J connectivity index is 2.01. The maximum absolute atomic E-state index is 12.6. The van der Waals surface area contributed by atoms with E-state index in [0.29, 0.717) is 31.7 Å². The average molecular weight is 368 g/mol. The van der Waals surface area contributed by atoms with E-state index in [0.717, 1.165) is 6.26 Å². The summed E-state index contributed by atoms with van der Waals surface area (Å²) in [4.78, 5) is 27.9. The Labute approximate surface area is 148 Å². The number of rotatable bonds is 2. The van der Waals surface area contributed by atoms with Crippen LogP contribution in [-0.4, -0.2) is 68.3 Å². The lowest BCUT2D eigenvalue weighted by molar-refractivity contribution is 0.0141. The Morgan fingerprint density at radius 1 is 1.04 bits per heavy atom. The number of amides is 2. The summed E-state index contributed by atoms with van der Waals surface area (Å²) in [6.45, 7) is 6.93. The second-order valence-corrected chi connectivity index (χ2v) is 9.08. The maximum Gasteiger partial charge on any atom is 0.410 e. The van der Waals surface area contributed by atoms with Crippen molar-refractivity contribution in [2.24, 2.45) is 0 Å². The van der Waals surface area contributed by atoms with Crippen LogP contribution in [0.5, 0.6) is 0 Å². The van der Waals surface area contributed by atoms with Gasteiger partial charge in [0.15, 0.2) is 9.84 Å². The molecular weight excluding hydrogens is 344 g/mol. The van der Waals surface area contributed by atoms with Gasteiger partial charge in [-0.05, 0) is 39.0 Å². The predicted molar refractivity (Wildman–Crippen MR) is 93.3 cm³/mol. The molecule has 1 aliphatic rings. The van der Waals surface area contributed by atoms with Gasteiger partial charge in [-0.3, -0.25) is 4.79 Å². The van der Waals surface area contributed by atoms with Crippen molar-refractivity contribution in [3.63, 3.8) is 0 Å². The third kappa shape index (κ3) is 5.19. The number of ether oxygens (including phenoxy) is 1. The Bertz CT molecular complexity index is 759. The van der Waals surface area contributed by atoms with Crippen LogP contribution in [-0.2, 0) is 14.6 Å². The molecule has 1 fully saturated rings. The van der Waals surface area contributed by atoms with Gasteiger partial charge in [0.2, 0.25) is 0 Å². The van der Waals surface area contributed by atoms with E-state index < -0.39 is 21.5 Å². The minimum atomic E-state index is -3.37. The minimum absolute atomic E-state index is 0.116. The predicted octanol–water partition coefficient (Wildman–Crippen LogP) is 1.78. The quantitative estimate of drug-likeness (QED) is 0.794. The highest BCUT2D eigenvalue weighted by molar-refractivity contribution is 7.90. The number of hydrogen-bond acceptors (Lipinski definition) is 5. The standard InChI is InChI=1S/C17H24N2O5S/c1-17(2,3)24-16(21)19-10-8-18(9-11-19)15(20)13-6-5-7-14(12-13)25(4,22)23/h5-7,12H,8-11H2,1-4H3. The van der Waals surface area contributed by atoms with Crippen LogP contribution < -0.4 is 0 Å². The fourth-order valence-electron chi connectivity index (χ4n) is 2.46. The molecule has 0 aromatic heterocycles. The van der Waals surface area contributed by atoms with Gasteiger partial charge in [0.1, 0.15) is 5.60 Å². The summed E-state index contributed by atoms with van der Waals surface area (Å²) in [6.07, 6.45) is 0.717. The number of sulfone groups is 1. The summed E-state index contributed by atoms with van der Waals surface area (Å²) in [7, 11) is -3.37. The minimum Gasteiger partial charge on any atom is -0.444 e. The lowest BCUT2D eigenvalue weighted by atomic mass is 10.2. The Kier molecular flexibility index (Phi) is 5.41. The molecule has 0 bridgehead atoms. The van der Waals surface area contributed by atoms with E-state index in [2.05, 4.69) is 0 Å². The molecule has 1 heterocycles. The molecule has 1 aromatic rings. The summed E-state index contributed by atoms with van der Waals surface area (Å²) in [5, 5.41) is 0. The topological polar surface area (TPSA) is 84.0 Å². The molecule has 0 N–H and O–H groups in total. The van der Waals surface area contributed by atoms with Crippen molar-refractivity contribution in [3.05, 3.63) is 29.8 Å². The van der Waals surface area contributed by atoms with Gasteiger partial charge in [0.25, 0.3) is 5.91 Å². The molecule has 2 rings (SSSR count). The van der Waals surface area contributed by atoms with E-state index in [1.165, 1.54) is 12.1 Å². The molecule has 0 radical (unpaired) electrons. The first-order valence-electron chi connectivity index (χ1n) is 8.05. The van der Waals surface area contributed by atoms with Crippen molar-refractivity contribution >= 4 is 21.8 Å². The van der Waals surface area contributed by atoms with Crippen LogP contribution >= 0.6 is 0 Å². The number of carbonyl (C=O) groups is 2. The van der Waals surface area contributed by atoms with Gasteiger partial charge in [-0.15, -0.1) is 0 Å². The largest absolute Gasteiger partial charge is 0.444 e. The van der Waals surface area contributed by atoms with Gasteiger partial charge in [-0.2, -0.15) is 0 Å². The molecular formula is C17H24N2O5S.